The van der Waals surface area contributed by atoms with Crippen molar-refractivity contribution >= 4 is 29.0 Å². The molecule has 26 heavy (non-hydrogen) atoms. The van der Waals surface area contributed by atoms with Crippen LogP contribution in [-0.4, -0.2) is 23.2 Å². The van der Waals surface area contributed by atoms with Crippen LogP contribution in [0.3, 0.4) is 0 Å². The first-order valence-corrected chi connectivity index (χ1v) is 10.3. The van der Waals surface area contributed by atoms with Gasteiger partial charge < -0.3 is 5.32 Å². The summed E-state index contributed by atoms with van der Waals surface area (Å²) in [6.07, 6.45) is 0.687. The summed E-state index contributed by atoms with van der Waals surface area (Å²) < 4.78 is 13.0. The first-order valence-electron chi connectivity index (χ1n) is 8.29. The fourth-order valence-electron chi connectivity index (χ4n) is 2.36. The molecule has 0 saturated heterocycles. The van der Waals surface area contributed by atoms with Gasteiger partial charge in [0.2, 0.25) is 5.91 Å². The van der Waals surface area contributed by atoms with Crippen LogP contribution in [0.2, 0.25) is 0 Å². The molecule has 0 aliphatic rings. The summed E-state index contributed by atoms with van der Waals surface area (Å²) in [5.41, 5.74) is 3.07. The normalized spacial score (nSPS) is 10.7. The Balaban J connectivity index is 1.38. The first-order chi connectivity index (χ1) is 12.7. The van der Waals surface area contributed by atoms with Crippen LogP contribution in [0.15, 0.2) is 60.0 Å². The Morgan fingerprint density at radius 3 is 2.65 bits per heavy atom. The van der Waals surface area contributed by atoms with Gasteiger partial charge in [-0.05, 0) is 29.8 Å². The third-order valence-corrected chi connectivity index (χ3v) is 5.63. The molecule has 134 valence electrons. The highest BCUT2D eigenvalue weighted by Crippen LogP contribution is 2.23. The lowest BCUT2D eigenvalue weighted by molar-refractivity contribution is -0.118. The molecule has 0 unspecified atom stereocenters. The molecule has 0 saturated carbocycles. The van der Waals surface area contributed by atoms with E-state index in [4.69, 9.17) is 0 Å². The van der Waals surface area contributed by atoms with Crippen molar-refractivity contribution < 1.29 is 9.18 Å². The summed E-state index contributed by atoms with van der Waals surface area (Å²) >= 11 is 3.14. The smallest absolute Gasteiger partial charge is 0.230 e. The summed E-state index contributed by atoms with van der Waals surface area (Å²) in [5, 5.41) is 5.78. The van der Waals surface area contributed by atoms with Crippen LogP contribution in [0, 0.1) is 5.82 Å². The van der Waals surface area contributed by atoms with Gasteiger partial charge in [-0.2, -0.15) is 0 Å². The van der Waals surface area contributed by atoms with Gasteiger partial charge in [0.25, 0.3) is 0 Å². The van der Waals surface area contributed by atoms with Crippen molar-refractivity contribution in [2.45, 2.75) is 12.2 Å². The predicted molar refractivity (Wildman–Crippen MR) is 107 cm³/mol. The van der Waals surface area contributed by atoms with Crippen molar-refractivity contribution in [2.75, 3.05) is 12.3 Å². The molecule has 2 aromatic carbocycles. The molecule has 0 aliphatic heterocycles. The minimum Gasteiger partial charge on any atom is -0.355 e. The number of thiazole rings is 1. The standard InChI is InChI=1S/C20H19FN2OS2/c21-17-8-6-16(7-9-17)20-23-18(13-26-20)10-11-22-19(24)14-25-12-15-4-2-1-3-5-15/h1-9,13H,10-12,14H2,(H,22,24). The zero-order chi connectivity index (χ0) is 18.2. The number of benzene rings is 2. The van der Waals surface area contributed by atoms with Crippen molar-refractivity contribution in [3.05, 3.63) is 77.1 Å². The Morgan fingerprint density at radius 1 is 1.12 bits per heavy atom. The van der Waals surface area contributed by atoms with Crippen molar-refractivity contribution in [2.24, 2.45) is 0 Å². The molecule has 1 amide bonds. The van der Waals surface area contributed by atoms with Crippen LogP contribution in [0.4, 0.5) is 4.39 Å². The maximum atomic E-state index is 13.0. The number of hydrogen-bond donors (Lipinski definition) is 1. The highest BCUT2D eigenvalue weighted by molar-refractivity contribution is 7.99. The summed E-state index contributed by atoms with van der Waals surface area (Å²) in [5.74, 6) is 1.08. The van der Waals surface area contributed by atoms with E-state index >= 15 is 0 Å². The maximum Gasteiger partial charge on any atom is 0.230 e. The molecular formula is C20H19FN2OS2. The average molecular weight is 387 g/mol. The number of halogens is 1. The summed E-state index contributed by atoms with van der Waals surface area (Å²) in [6.45, 7) is 0.567. The van der Waals surface area contributed by atoms with E-state index in [-0.39, 0.29) is 11.7 Å². The molecule has 3 nitrogen and oxygen atoms in total. The van der Waals surface area contributed by atoms with Crippen LogP contribution in [0.1, 0.15) is 11.3 Å². The zero-order valence-electron chi connectivity index (χ0n) is 14.2. The number of nitrogens with zero attached hydrogens (tertiary/aromatic N) is 1. The van der Waals surface area contributed by atoms with E-state index in [9.17, 15) is 9.18 Å². The third-order valence-electron chi connectivity index (χ3n) is 3.69. The van der Waals surface area contributed by atoms with Gasteiger partial charge >= 0.3 is 0 Å². The minimum absolute atomic E-state index is 0.0416. The van der Waals surface area contributed by atoms with Crippen molar-refractivity contribution in [1.29, 1.82) is 0 Å². The topological polar surface area (TPSA) is 42.0 Å². The van der Waals surface area contributed by atoms with E-state index in [0.29, 0.717) is 18.7 Å². The lowest BCUT2D eigenvalue weighted by Gasteiger charge is -2.04. The number of aromatic nitrogens is 1. The molecule has 0 spiro atoms. The number of nitrogens with one attached hydrogen (secondary N) is 1. The molecule has 0 bridgehead atoms. The highest BCUT2D eigenvalue weighted by Gasteiger charge is 2.06. The van der Waals surface area contributed by atoms with E-state index in [1.54, 1.807) is 23.9 Å². The third kappa shape index (κ3) is 5.68. The van der Waals surface area contributed by atoms with E-state index in [1.165, 1.54) is 29.0 Å². The minimum atomic E-state index is -0.252. The van der Waals surface area contributed by atoms with Gasteiger partial charge in [0, 0.05) is 29.7 Å². The van der Waals surface area contributed by atoms with Gasteiger partial charge in [-0.25, -0.2) is 9.37 Å². The van der Waals surface area contributed by atoms with Crippen LogP contribution >= 0.6 is 23.1 Å². The lowest BCUT2D eigenvalue weighted by atomic mass is 10.2. The second-order valence-corrected chi connectivity index (χ2v) is 7.57. The average Bonchev–Trinajstić information content (AvgIpc) is 3.12. The second kappa shape index (κ2) is 9.50. The fraction of sp³-hybridized carbons (Fsp3) is 0.200. The molecule has 0 fully saturated rings. The van der Waals surface area contributed by atoms with Crippen LogP contribution in [0.5, 0.6) is 0 Å². The van der Waals surface area contributed by atoms with Gasteiger partial charge in [-0.15, -0.1) is 23.1 Å². The number of rotatable bonds is 8. The summed E-state index contributed by atoms with van der Waals surface area (Å²) in [4.78, 5) is 16.4. The van der Waals surface area contributed by atoms with Crippen molar-refractivity contribution in [3.63, 3.8) is 0 Å². The monoisotopic (exact) mass is 386 g/mol. The van der Waals surface area contributed by atoms with Gasteiger partial charge in [-0.1, -0.05) is 30.3 Å². The Labute approximate surface area is 160 Å². The Bertz CT molecular complexity index is 835. The van der Waals surface area contributed by atoms with Gasteiger partial charge in [0.05, 0.1) is 11.4 Å². The Morgan fingerprint density at radius 2 is 1.88 bits per heavy atom. The summed E-state index contributed by atoms with van der Waals surface area (Å²) in [7, 11) is 0. The fourth-order valence-corrected chi connectivity index (χ4v) is 4.04. The largest absolute Gasteiger partial charge is 0.355 e. The second-order valence-electron chi connectivity index (χ2n) is 5.73. The van der Waals surface area contributed by atoms with Crippen LogP contribution < -0.4 is 5.32 Å². The molecule has 1 N–H and O–H groups in total. The number of carbonyl (C=O) groups is 1. The predicted octanol–water partition coefficient (Wildman–Crippen LogP) is 4.54. The van der Waals surface area contributed by atoms with E-state index in [0.717, 1.165) is 22.0 Å². The SMILES string of the molecule is O=C(CSCc1ccccc1)NCCc1csc(-c2ccc(F)cc2)n1. The van der Waals surface area contributed by atoms with Gasteiger partial charge in [-0.3, -0.25) is 4.79 Å². The lowest BCUT2D eigenvalue weighted by Crippen LogP contribution is -2.27. The van der Waals surface area contributed by atoms with Crippen molar-refractivity contribution in [1.82, 2.24) is 10.3 Å². The highest BCUT2D eigenvalue weighted by atomic mass is 32.2. The molecule has 6 heteroatoms. The number of hydrogen-bond acceptors (Lipinski definition) is 4. The van der Waals surface area contributed by atoms with E-state index < -0.39 is 0 Å². The van der Waals surface area contributed by atoms with Crippen LogP contribution in [-0.2, 0) is 17.0 Å². The quantitative estimate of drug-likeness (QED) is 0.618. The van der Waals surface area contributed by atoms with E-state index in [1.807, 2.05) is 23.6 Å². The summed E-state index contributed by atoms with van der Waals surface area (Å²) in [6, 6.07) is 16.4. The van der Waals surface area contributed by atoms with Crippen LogP contribution in [0.25, 0.3) is 10.6 Å². The molecule has 1 aromatic heterocycles. The van der Waals surface area contributed by atoms with Gasteiger partial charge in [0.15, 0.2) is 0 Å². The first kappa shape index (κ1) is 18.6. The molecule has 0 radical (unpaired) electrons. The molecular weight excluding hydrogens is 367 g/mol. The number of amides is 1. The van der Waals surface area contributed by atoms with E-state index in [2.05, 4.69) is 22.4 Å². The number of thioether (sulfide) groups is 1. The molecule has 3 rings (SSSR count). The Hall–Kier alpha value is -2.18. The Kier molecular flexibility index (Phi) is 6.80. The zero-order valence-corrected chi connectivity index (χ0v) is 15.8. The molecule has 0 atom stereocenters. The maximum absolute atomic E-state index is 13.0. The number of carbonyl (C=O) groups excluding carboxylic acids is 1. The van der Waals surface area contributed by atoms with Crippen molar-refractivity contribution in [3.8, 4) is 10.6 Å². The van der Waals surface area contributed by atoms with Gasteiger partial charge in [0.1, 0.15) is 10.8 Å². The molecule has 1 heterocycles. The molecule has 3 aromatic rings. The molecule has 0 aliphatic carbocycles.